The van der Waals surface area contributed by atoms with E-state index in [1.165, 1.54) is 0 Å². The maximum Gasteiger partial charge on any atom is 0.161 e. The highest BCUT2D eigenvalue weighted by Gasteiger charge is 2.05. The number of quaternary nitrogens is 1. The Morgan fingerprint density at radius 3 is 2.30 bits per heavy atom. The first-order valence-electron chi connectivity index (χ1n) is 8.14. The molecule has 0 aliphatic rings. The van der Waals surface area contributed by atoms with Crippen molar-refractivity contribution >= 4 is 0 Å². The maximum atomic E-state index is 9.20. The van der Waals surface area contributed by atoms with Gasteiger partial charge in [-0.3, -0.25) is 0 Å². The first-order chi connectivity index (χ1) is 11.3. The minimum atomic E-state index is -0.261. The summed E-state index contributed by atoms with van der Waals surface area (Å²) < 4.78 is 11.7. The molecule has 2 aromatic carbocycles. The van der Waals surface area contributed by atoms with Crippen molar-refractivity contribution in [3.63, 3.8) is 0 Å². The number of rotatable bonds is 10. The molecule has 0 aliphatic heterocycles. The largest absolute Gasteiger partial charge is 0.489 e. The molecule has 0 heterocycles. The Kier molecular flexibility index (Phi) is 7.43. The van der Waals surface area contributed by atoms with E-state index in [0.717, 1.165) is 36.6 Å². The molecule has 0 bridgehead atoms. The van der Waals surface area contributed by atoms with Crippen LogP contribution in [0, 0.1) is 0 Å². The highest BCUT2D eigenvalue weighted by Crippen LogP contribution is 2.27. The average Bonchev–Trinajstić information content (AvgIpc) is 2.57. The van der Waals surface area contributed by atoms with Crippen molar-refractivity contribution < 1.29 is 19.9 Å². The molecule has 4 heteroatoms. The van der Waals surface area contributed by atoms with Crippen LogP contribution in [0.3, 0.4) is 0 Å². The van der Waals surface area contributed by atoms with Gasteiger partial charge in [0.2, 0.25) is 0 Å². The quantitative estimate of drug-likeness (QED) is 0.659. The number of aliphatic hydroxyl groups is 1. The van der Waals surface area contributed by atoms with E-state index in [-0.39, 0.29) is 6.10 Å². The average molecular weight is 316 g/mol. The number of ether oxygens (including phenoxy) is 2. The van der Waals surface area contributed by atoms with E-state index in [1.807, 2.05) is 54.6 Å². The Bertz CT molecular complexity index is 558. The Morgan fingerprint density at radius 1 is 0.957 bits per heavy atom. The number of nitrogens with two attached hydrogens (primary N) is 1. The predicted octanol–water partition coefficient (Wildman–Crippen LogP) is 1.98. The zero-order valence-electron chi connectivity index (χ0n) is 13.7. The fraction of sp³-hybridized carbons (Fsp3) is 0.368. The van der Waals surface area contributed by atoms with Crippen molar-refractivity contribution in [3.05, 3.63) is 60.2 Å². The zero-order valence-corrected chi connectivity index (χ0v) is 13.7. The summed E-state index contributed by atoms with van der Waals surface area (Å²) in [6.07, 6.45) is 0.669. The van der Waals surface area contributed by atoms with Gasteiger partial charge in [-0.1, -0.05) is 42.5 Å². The maximum absolute atomic E-state index is 9.20. The normalized spacial score (nSPS) is 11.9. The first kappa shape index (κ1) is 17.3. The molecular weight excluding hydrogens is 290 g/mol. The molecule has 0 saturated carbocycles. The molecule has 0 saturated heterocycles. The molecule has 124 valence electrons. The lowest BCUT2D eigenvalue weighted by Gasteiger charge is -2.12. The molecule has 1 atom stereocenters. The van der Waals surface area contributed by atoms with E-state index in [0.29, 0.717) is 13.2 Å². The van der Waals surface area contributed by atoms with Crippen LogP contribution in [-0.2, 0) is 6.61 Å². The van der Waals surface area contributed by atoms with Crippen LogP contribution < -0.4 is 14.8 Å². The van der Waals surface area contributed by atoms with E-state index in [1.54, 1.807) is 6.92 Å². The molecule has 4 nitrogen and oxygen atoms in total. The third-order valence-corrected chi connectivity index (χ3v) is 3.40. The van der Waals surface area contributed by atoms with Gasteiger partial charge in [0.15, 0.2) is 11.5 Å². The number of hydrogen-bond donors (Lipinski definition) is 2. The molecule has 0 radical (unpaired) electrons. The smallest absolute Gasteiger partial charge is 0.161 e. The minimum Gasteiger partial charge on any atom is -0.489 e. The molecule has 0 spiro atoms. The molecule has 3 N–H and O–H groups in total. The lowest BCUT2D eigenvalue weighted by molar-refractivity contribution is -0.660. The number of para-hydroxylation sites is 2. The second-order valence-electron chi connectivity index (χ2n) is 5.59. The lowest BCUT2D eigenvalue weighted by Crippen LogP contribution is -2.86. The van der Waals surface area contributed by atoms with E-state index in [4.69, 9.17) is 9.47 Å². The highest BCUT2D eigenvalue weighted by atomic mass is 16.5. The van der Waals surface area contributed by atoms with Crippen molar-refractivity contribution in [2.45, 2.75) is 26.1 Å². The van der Waals surface area contributed by atoms with E-state index < -0.39 is 0 Å². The van der Waals surface area contributed by atoms with Crippen LogP contribution >= 0.6 is 0 Å². The number of aliphatic hydroxyl groups excluding tert-OH is 1. The van der Waals surface area contributed by atoms with Gasteiger partial charge in [-0.2, -0.15) is 0 Å². The Morgan fingerprint density at radius 2 is 1.61 bits per heavy atom. The summed E-state index contributed by atoms with van der Waals surface area (Å²) in [6.45, 7) is 4.65. The summed E-state index contributed by atoms with van der Waals surface area (Å²) in [6, 6.07) is 17.8. The van der Waals surface area contributed by atoms with Gasteiger partial charge in [0.05, 0.1) is 19.3 Å². The van der Waals surface area contributed by atoms with Crippen molar-refractivity contribution in [1.82, 2.24) is 0 Å². The van der Waals surface area contributed by atoms with Crippen molar-refractivity contribution in [2.24, 2.45) is 0 Å². The van der Waals surface area contributed by atoms with Gasteiger partial charge in [0, 0.05) is 6.42 Å². The summed E-state index contributed by atoms with van der Waals surface area (Å²) in [5, 5.41) is 11.3. The van der Waals surface area contributed by atoms with Crippen molar-refractivity contribution in [2.75, 3.05) is 19.7 Å². The van der Waals surface area contributed by atoms with Crippen LogP contribution in [-0.4, -0.2) is 30.9 Å². The second kappa shape index (κ2) is 9.87. The summed E-state index contributed by atoms with van der Waals surface area (Å²) in [5.41, 5.74) is 1.13. The van der Waals surface area contributed by atoms with Crippen LogP contribution in [0.4, 0.5) is 0 Å². The van der Waals surface area contributed by atoms with Crippen molar-refractivity contribution in [1.29, 1.82) is 0 Å². The summed E-state index contributed by atoms with van der Waals surface area (Å²) >= 11 is 0. The summed E-state index contributed by atoms with van der Waals surface area (Å²) in [7, 11) is 0. The van der Waals surface area contributed by atoms with Gasteiger partial charge in [0.25, 0.3) is 0 Å². The molecule has 0 aliphatic carbocycles. The summed E-state index contributed by atoms with van der Waals surface area (Å²) in [5.74, 6) is 1.54. The Balaban J connectivity index is 1.76. The van der Waals surface area contributed by atoms with Gasteiger partial charge < -0.3 is 19.9 Å². The first-order valence-corrected chi connectivity index (χ1v) is 8.14. The standard InChI is InChI=1S/C19H25NO3/c1-16(21)14-20-12-7-13-22-18-10-5-6-11-19(18)23-15-17-8-3-2-4-9-17/h2-6,8-11,16,20-21H,7,12-15H2,1H3/p+1/t16-/m0/s1. The van der Waals surface area contributed by atoms with E-state index in [9.17, 15) is 5.11 Å². The fourth-order valence-corrected chi connectivity index (χ4v) is 2.19. The molecule has 0 fully saturated rings. The predicted molar refractivity (Wildman–Crippen MR) is 90.7 cm³/mol. The van der Waals surface area contributed by atoms with Crippen LogP contribution in [0.5, 0.6) is 11.5 Å². The molecular formula is C19H26NO3+. The van der Waals surface area contributed by atoms with Crippen LogP contribution in [0.25, 0.3) is 0 Å². The van der Waals surface area contributed by atoms with Crippen LogP contribution in [0.1, 0.15) is 18.9 Å². The Hall–Kier alpha value is -2.04. The van der Waals surface area contributed by atoms with Gasteiger partial charge in [-0.25, -0.2) is 0 Å². The molecule has 23 heavy (non-hydrogen) atoms. The molecule has 2 rings (SSSR count). The fourth-order valence-electron chi connectivity index (χ4n) is 2.19. The molecule has 0 unspecified atom stereocenters. The monoisotopic (exact) mass is 316 g/mol. The van der Waals surface area contributed by atoms with Crippen LogP contribution in [0.15, 0.2) is 54.6 Å². The van der Waals surface area contributed by atoms with Gasteiger partial charge in [-0.05, 0) is 24.6 Å². The van der Waals surface area contributed by atoms with Gasteiger partial charge >= 0.3 is 0 Å². The Labute approximate surface area is 138 Å². The van der Waals surface area contributed by atoms with Gasteiger partial charge in [-0.15, -0.1) is 0 Å². The summed E-state index contributed by atoms with van der Waals surface area (Å²) in [4.78, 5) is 0. The topological polar surface area (TPSA) is 55.3 Å². The van der Waals surface area contributed by atoms with E-state index >= 15 is 0 Å². The lowest BCUT2D eigenvalue weighted by atomic mass is 10.2. The third-order valence-electron chi connectivity index (χ3n) is 3.40. The molecule has 0 aromatic heterocycles. The zero-order chi connectivity index (χ0) is 16.3. The SMILES string of the molecule is C[C@H](O)C[NH2+]CCCOc1ccccc1OCc1ccccc1. The van der Waals surface area contributed by atoms with E-state index in [2.05, 4.69) is 5.32 Å². The second-order valence-corrected chi connectivity index (χ2v) is 5.59. The molecule has 0 amide bonds. The third kappa shape index (κ3) is 6.72. The molecule has 2 aromatic rings. The number of hydrogen-bond acceptors (Lipinski definition) is 3. The number of benzene rings is 2. The minimum absolute atomic E-state index is 0.261. The van der Waals surface area contributed by atoms with Crippen LogP contribution in [0.2, 0.25) is 0 Å². The van der Waals surface area contributed by atoms with Crippen molar-refractivity contribution in [3.8, 4) is 11.5 Å². The highest BCUT2D eigenvalue weighted by molar-refractivity contribution is 5.39. The van der Waals surface area contributed by atoms with Gasteiger partial charge in [0.1, 0.15) is 13.2 Å².